The molecule has 0 bridgehead atoms. The second-order valence-corrected chi connectivity index (χ2v) is 5.44. The maximum absolute atomic E-state index is 12.1. The quantitative estimate of drug-likeness (QED) is 0.273. The van der Waals surface area contributed by atoms with E-state index in [0.29, 0.717) is 31.3 Å². The Hall–Kier alpha value is -1.30. The van der Waals surface area contributed by atoms with Gasteiger partial charge in [-0.05, 0) is 38.5 Å². The maximum atomic E-state index is 12.1. The van der Waals surface area contributed by atoms with Crippen molar-refractivity contribution in [1.82, 2.24) is 5.32 Å². The SMILES string of the molecule is CCOC1CC(CC(=O)NC(CC)(CC)C(N)=NO)C1. The van der Waals surface area contributed by atoms with Crippen molar-refractivity contribution >= 4 is 11.7 Å². The molecule has 1 aliphatic rings. The molecule has 0 aromatic heterocycles. The Morgan fingerprint density at radius 1 is 1.40 bits per heavy atom. The van der Waals surface area contributed by atoms with E-state index < -0.39 is 5.54 Å². The number of ether oxygens (including phenoxy) is 1. The molecule has 0 saturated heterocycles. The van der Waals surface area contributed by atoms with Gasteiger partial charge in [-0.15, -0.1) is 0 Å². The highest BCUT2D eigenvalue weighted by Crippen LogP contribution is 2.32. The molecule has 0 radical (unpaired) electrons. The van der Waals surface area contributed by atoms with Crippen LogP contribution in [0.25, 0.3) is 0 Å². The van der Waals surface area contributed by atoms with Gasteiger partial charge in [0.1, 0.15) is 5.54 Å². The molecule has 4 N–H and O–H groups in total. The number of amidine groups is 1. The van der Waals surface area contributed by atoms with E-state index in [1.54, 1.807) is 0 Å². The summed E-state index contributed by atoms with van der Waals surface area (Å²) < 4.78 is 5.48. The lowest BCUT2D eigenvalue weighted by molar-refractivity contribution is -0.125. The third-order valence-electron chi connectivity index (χ3n) is 4.25. The van der Waals surface area contributed by atoms with Gasteiger partial charge in [0, 0.05) is 13.0 Å². The van der Waals surface area contributed by atoms with Gasteiger partial charge in [-0.3, -0.25) is 4.79 Å². The minimum atomic E-state index is -0.741. The molecule has 0 aromatic carbocycles. The number of hydrogen-bond donors (Lipinski definition) is 3. The summed E-state index contributed by atoms with van der Waals surface area (Å²) in [6.45, 7) is 6.53. The molecule has 0 aromatic rings. The van der Waals surface area contributed by atoms with Gasteiger partial charge in [-0.25, -0.2) is 0 Å². The van der Waals surface area contributed by atoms with Crippen LogP contribution < -0.4 is 11.1 Å². The second kappa shape index (κ2) is 7.47. The molecule has 1 saturated carbocycles. The van der Waals surface area contributed by atoms with Crippen LogP contribution >= 0.6 is 0 Å². The standard InChI is InChI=1S/C14H27N3O3/c1-4-14(5-2,13(15)17-19)16-12(18)9-10-7-11(8-10)20-6-3/h10-11,19H,4-9H2,1-3H3,(H2,15,17)(H,16,18). The van der Waals surface area contributed by atoms with Gasteiger partial charge < -0.3 is 21.0 Å². The zero-order chi connectivity index (χ0) is 15.2. The Labute approximate surface area is 120 Å². The molecule has 0 heterocycles. The van der Waals surface area contributed by atoms with Crippen molar-refractivity contribution in [1.29, 1.82) is 0 Å². The highest BCUT2D eigenvalue weighted by molar-refractivity contribution is 5.93. The summed E-state index contributed by atoms with van der Waals surface area (Å²) in [7, 11) is 0. The average Bonchev–Trinajstić information content (AvgIpc) is 2.41. The van der Waals surface area contributed by atoms with E-state index in [1.165, 1.54) is 0 Å². The van der Waals surface area contributed by atoms with Crippen molar-refractivity contribution < 1.29 is 14.7 Å². The predicted octanol–water partition coefficient (Wildman–Crippen LogP) is 1.61. The van der Waals surface area contributed by atoms with Crippen molar-refractivity contribution in [2.75, 3.05) is 6.61 Å². The third kappa shape index (κ3) is 3.85. The van der Waals surface area contributed by atoms with E-state index in [4.69, 9.17) is 15.7 Å². The normalized spacial score (nSPS) is 23.2. The van der Waals surface area contributed by atoms with E-state index in [-0.39, 0.29) is 11.7 Å². The van der Waals surface area contributed by atoms with Crippen LogP contribution in [0.1, 0.15) is 52.9 Å². The summed E-state index contributed by atoms with van der Waals surface area (Å²) in [6, 6.07) is 0. The number of nitrogens with one attached hydrogen (secondary N) is 1. The van der Waals surface area contributed by atoms with Crippen molar-refractivity contribution in [2.24, 2.45) is 16.8 Å². The molecule has 1 amide bonds. The Bertz CT molecular complexity index is 348. The molecule has 0 unspecified atom stereocenters. The lowest BCUT2D eigenvalue weighted by Crippen LogP contribution is -2.57. The van der Waals surface area contributed by atoms with Crippen molar-refractivity contribution in [2.45, 2.75) is 64.5 Å². The smallest absolute Gasteiger partial charge is 0.221 e. The van der Waals surface area contributed by atoms with Gasteiger partial charge >= 0.3 is 0 Å². The molecule has 0 aliphatic heterocycles. The zero-order valence-electron chi connectivity index (χ0n) is 12.7. The minimum absolute atomic E-state index is 0.0414. The molecular formula is C14H27N3O3. The van der Waals surface area contributed by atoms with Crippen LogP contribution in [0.3, 0.4) is 0 Å². The molecule has 6 heteroatoms. The van der Waals surface area contributed by atoms with Crippen LogP contribution in [-0.4, -0.2) is 35.2 Å². The number of oxime groups is 1. The summed E-state index contributed by atoms with van der Waals surface area (Å²) >= 11 is 0. The fourth-order valence-corrected chi connectivity index (χ4v) is 2.74. The maximum Gasteiger partial charge on any atom is 0.221 e. The Morgan fingerprint density at radius 2 is 2.00 bits per heavy atom. The van der Waals surface area contributed by atoms with Gasteiger partial charge in [0.05, 0.1) is 6.10 Å². The molecule has 1 aliphatic carbocycles. The highest BCUT2D eigenvalue weighted by Gasteiger charge is 2.36. The van der Waals surface area contributed by atoms with Crippen molar-refractivity contribution in [3.05, 3.63) is 0 Å². The fourth-order valence-electron chi connectivity index (χ4n) is 2.74. The average molecular weight is 285 g/mol. The van der Waals surface area contributed by atoms with Crippen LogP contribution in [0.4, 0.5) is 0 Å². The summed E-state index contributed by atoms with van der Waals surface area (Å²) in [5, 5.41) is 14.9. The van der Waals surface area contributed by atoms with Gasteiger partial charge in [0.25, 0.3) is 0 Å². The summed E-state index contributed by atoms with van der Waals surface area (Å²) in [5.74, 6) is 0.405. The summed E-state index contributed by atoms with van der Waals surface area (Å²) in [6.07, 6.45) is 3.86. The van der Waals surface area contributed by atoms with Gasteiger partial charge in [-0.1, -0.05) is 19.0 Å². The number of amides is 1. The summed E-state index contributed by atoms with van der Waals surface area (Å²) in [5.41, 5.74) is 4.98. The Balaban J connectivity index is 2.48. The topological polar surface area (TPSA) is 96.9 Å². The first-order chi connectivity index (χ1) is 9.51. The van der Waals surface area contributed by atoms with E-state index >= 15 is 0 Å². The molecule has 0 spiro atoms. The second-order valence-electron chi connectivity index (χ2n) is 5.44. The fraction of sp³-hybridized carbons (Fsp3) is 0.857. The Kier molecular flexibility index (Phi) is 6.26. The number of nitrogens with zero attached hydrogens (tertiary/aromatic N) is 1. The number of carbonyl (C=O) groups is 1. The van der Waals surface area contributed by atoms with Gasteiger partial charge in [0.2, 0.25) is 5.91 Å². The largest absolute Gasteiger partial charge is 0.409 e. The first kappa shape index (κ1) is 16.8. The lowest BCUT2D eigenvalue weighted by Gasteiger charge is -2.36. The predicted molar refractivity (Wildman–Crippen MR) is 77.6 cm³/mol. The monoisotopic (exact) mass is 285 g/mol. The Morgan fingerprint density at radius 3 is 2.45 bits per heavy atom. The van der Waals surface area contributed by atoms with Crippen molar-refractivity contribution in [3.63, 3.8) is 0 Å². The van der Waals surface area contributed by atoms with E-state index in [0.717, 1.165) is 19.4 Å². The number of hydrogen-bond acceptors (Lipinski definition) is 4. The lowest BCUT2D eigenvalue weighted by atomic mass is 9.79. The number of rotatable bonds is 8. The first-order valence-corrected chi connectivity index (χ1v) is 7.41. The molecule has 6 nitrogen and oxygen atoms in total. The number of nitrogens with two attached hydrogens (primary N) is 1. The molecule has 1 fully saturated rings. The van der Waals surface area contributed by atoms with E-state index in [9.17, 15) is 4.79 Å². The van der Waals surface area contributed by atoms with Crippen molar-refractivity contribution in [3.8, 4) is 0 Å². The van der Waals surface area contributed by atoms with Crippen LogP contribution in [-0.2, 0) is 9.53 Å². The van der Waals surface area contributed by atoms with Crippen LogP contribution in [0.2, 0.25) is 0 Å². The highest BCUT2D eigenvalue weighted by atomic mass is 16.5. The van der Waals surface area contributed by atoms with Crippen LogP contribution in [0.5, 0.6) is 0 Å². The molecule has 116 valence electrons. The van der Waals surface area contributed by atoms with E-state index in [2.05, 4.69) is 10.5 Å². The van der Waals surface area contributed by atoms with Gasteiger partial charge in [0.15, 0.2) is 5.84 Å². The van der Waals surface area contributed by atoms with Gasteiger partial charge in [-0.2, -0.15) is 0 Å². The first-order valence-electron chi connectivity index (χ1n) is 7.41. The third-order valence-corrected chi connectivity index (χ3v) is 4.25. The zero-order valence-corrected chi connectivity index (χ0v) is 12.7. The number of carbonyl (C=O) groups excluding carboxylic acids is 1. The van der Waals surface area contributed by atoms with Crippen LogP contribution in [0, 0.1) is 5.92 Å². The molecule has 0 atom stereocenters. The van der Waals surface area contributed by atoms with E-state index in [1.807, 2.05) is 20.8 Å². The molecule has 1 rings (SSSR count). The summed E-state index contributed by atoms with van der Waals surface area (Å²) in [4.78, 5) is 12.1. The van der Waals surface area contributed by atoms with Crippen LogP contribution in [0.15, 0.2) is 5.16 Å². The molecule has 20 heavy (non-hydrogen) atoms. The molecular weight excluding hydrogens is 258 g/mol. The minimum Gasteiger partial charge on any atom is -0.409 e.